The fraction of sp³-hybridized carbons (Fsp3) is 0.522. The summed E-state index contributed by atoms with van der Waals surface area (Å²) in [5, 5.41) is 0.746. The number of ether oxygens (including phenoxy) is 1. The van der Waals surface area contributed by atoms with E-state index in [9.17, 15) is 4.39 Å². The molecule has 2 aliphatic rings. The summed E-state index contributed by atoms with van der Waals surface area (Å²) in [6.07, 6.45) is 3.65. The van der Waals surface area contributed by atoms with Gasteiger partial charge in [-0.3, -0.25) is 0 Å². The highest BCUT2D eigenvalue weighted by Crippen LogP contribution is 2.34. The third kappa shape index (κ3) is 5.30. The number of thiol groups is 1. The number of pyridine rings is 1. The van der Waals surface area contributed by atoms with Crippen molar-refractivity contribution in [3.8, 4) is 5.75 Å². The lowest BCUT2D eigenvalue weighted by atomic mass is 9.85. The third-order valence-electron chi connectivity index (χ3n) is 6.00. The largest absolute Gasteiger partial charge is 0.494 e. The molecule has 0 radical (unpaired) electrons. The van der Waals surface area contributed by atoms with E-state index in [1.54, 1.807) is 0 Å². The molecule has 156 valence electrons. The summed E-state index contributed by atoms with van der Waals surface area (Å²) in [5.74, 6) is 1.25. The molecule has 0 N–H and O–H groups in total. The van der Waals surface area contributed by atoms with Crippen LogP contribution in [0.25, 0.3) is 0 Å². The van der Waals surface area contributed by atoms with Gasteiger partial charge in [0, 0.05) is 44.8 Å². The van der Waals surface area contributed by atoms with E-state index < -0.39 is 6.17 Å². The molecule has 0 saturated carbocycles. The van der Waals surface area contributed by atoms with E-state index in [1.165, 1.54) is 16.7 Å². The predicted octanol–water partition coefficient (Wildman–Crippen LogP) is 4.15. The van der Waals surface area contributed by atoms with Gasteiger partial charge in [0.05, 0.1) is 11.6 Å². The summed E-state index contributed by atoms with van der Waals surface area (Å²) in [7, 11) is 2.16. The molecule has 0 spiro atoms. The number of alkyl halides is 1. The van der Waals surface area contributed by atoms with Gasteiger partial charge in [0.25, 0.3) is 0 Å². The number of hydrogen-bond donors (Lipinski definition) is 1. The third-order valence-corrected chi connectivity index (χ3v) is 6.27. The Morgan fingerprint density at radius 1 is 1.21 bits per heavy atom. The predicted molar refractivity (Wildman–Crippen MR) is 117 cm³/mol. The maximum atomic E-state index is 13.2. The van der Waals surface area contributed by atoms with E-state index in [1.807, 2.05) is 12.3 Å². The number of aromatic nitrogens is 1. The molecular weight excluding hydrogens is 385 g/mol. The number of likely N-dealkylation sites (N-methyl/N-ethyl adjacent to an activating group) is 1. The maximum absolute atomic E-state index is 13.2. The number of fused-ring (bicyclic) bond motifs is 1. The first-order chi connectivity index (χ1) is 14.1. The Bertz CT molecular complexity index is 808. The van der Waals surface area contributed by atoms with Crippen molar-refractivity contribution in [3.05, 3.63) is 53.2 Å². The molecule has 3 heterocycles. The summed E-state index contributed by atoms with van der Waals surface area (Å²) in [6, 6.07) is 10.6. The van der Waals surface area contributed by atoms with Gasteiger partial charge in [0.15, 0.2) is 0 Å². The van der Waals surface area contributed by atoms with Gasteiger partial charge in [-0.2, -0.15) is 0 Å². The van der Waals surface area contributed by atoms with E-state index in [0.717, 1.165) is 49.9 Å². The van der Waals surface area contributed by atoms with E-state index >= 15 is 0 Å². The first kappa shape index (κ1) is 20.6. The summed E-state index contributed by atoms with van der Waals surface area (Å²) in [6.45, 7) is 5.33. The zero-order valence-electron chi connectivity index (χ0n) is 17.1. The highest BCUT2D eigenvalue weighted by Gasteiger charge is 2.25. The minimum absolute atomic E-state index is 0.317. The SMILES string of the molecule is CN1Cc2cc(OCCCN3CCC(F)CC3)ccc2C(c2ccc(S)nc2)C1. The molecule has 1 saturated heterocycles. The molecule has 0 aliphatic carbocycles. The van der Waals surface area contributed by atoms with Crippen LogP contribution in [0.1, 0.15) is 41.9 Å². The Balaban J connectivity index is 1.36. The van der Waals surface area contributed by atoms with Crippen molar-refractivity contribution in [2.45, 2.75) is 42.9 Å². The highest BCUT2D eigenvalue weighted by molar-refractivity contribution is 7.80. The van der Waals surface area contributed by atoms with E-state index in [-0.39, 0.29) is 0 Å². The van der Waals surface area contributed by atoms with Gasteiger partial charge < -0.3 is 14.5 Å². The zero-order chi connectivity index (χ0) is 20.2. The zero-order valence-corrected chi connectivity index (χ0v) is 18.0. The van der Waals surface area contributed by atoms with Gasteiger partial charge in [-0.15, -0.1) is 12.6 Å². The topological polar surface area (TPSA) is 28.6 Å². The minimum Gasteiger partial charge on any atom is -0.494 e. The standard InChI is InChI=1S/C23H30FN3OS/c1-26-15-18-13-20(28-12-2-9-27-10-7-19(24)8-11-27)4-5-21(18)22(16-26)17-3-6-23(29)25-14-17/h3-6,13-14,19,22H,2,7-12,15-16H2,1H3,(H,25,29). The van der Waals surface area contributed by atoms with Crippen molar-refractivity contribution < 1.29 is 9.13 Å². The quantitative estimate of drug-likeness (QED) is 0.567. The van der Waals surface area contributed by atoms with Crippen molar-refractivity contribution in [3.63, 3.8) is 0 Å². The van der Waals surface area contributed by atoms with Crippen molar-refractivity contribution in [2.24, 2.45) is 0 Å². The Morgan fingerprint density at radius 3 is 2.79 bits per heavy atom. The minimum atomic E-state index is -0.605. The molecule has 1 aromatic heterocycles. The maximum Gasteiger partial charge on any atom is 0.119 e. The molecule has 1 aromatic carbocycles. The fourth-order valence-electron chi connectivity index (χ4n) is 4.41. The number of likely N-dealkylation sites (tertiary alicyclic amines) is 1. The van der Waals surface area contributed by atoms with Crippen molar-refractivity contribution >= 4 is 12.6 Å². The van der Waals surface area contributed by atoms with Crippen LogP contribution in [0.4, 0.5) is 4.39 Å². The van der Waals surface area contributed by atoms with Crippen LogP contribution in [-0.4, -0.2) is 60.8 Å². The molecule has 1 fully saturated rings. The molecular formula is C23H30FN3OS. The molecule has 1 atom stereocenters. The number of hydrogen-bond acceptors (Lipinski definition) is 5. The lowest BCUT2D eigenvalue weighted by Gasteiger charge is -2.32. The summed E-state index contributed by atoms with van der Waals surface area (Å²) >= 11 is 4.30. The second-order valence-corrected chi connectivity index (χ2v) is 8.74. The van der Waals surface area contributed by atoms with Crippen LogP contribution in [0, 0.1) is 0 Å². The van der Waals surface area contributed by atoms with Gasteiger partial charge in [-0.05, 0) is 61.2 Å². The average molecular weight is 416 g/mol. The summed E-state index contributed by atoms with van der Waals surface area (Å²) in [5.41, 5.74) is 3.90. The van der Waals surface area contributed by atoms with Gasteiger partial charge in [-0.1, -0.05) is 12.1 Å². The van der Waals surface area contributed by atoms with Crippen molar-refractivity contribution in [1.82, 2.24) is 14.8 Å². The van der Waals surface area contributed by atoms with Crippen molar-refractivity contribution in [2.75, 3.05) is 39.8 Å². The van der Waals surface area contributed by atoms with Crippen LogP contribution >= 0.6 is 12.6 Å². The lowest BCUT2D eigenvalue weighted by Crippen LogP contribution is -2.35. The molecule has 2 aliphatic heterocycles. The number of benzene rings is 1. The number of halogens is 1. The first-order valence-electron chi connectivity index (χ1n) is 10.5. The molecule has 0 bridgehead atoms. The van der Waals surface area contributed by atoms with Gasteiger partial charge in [-0.25, -0.2) is 9.37 Å². The highest BCUT2D eigenvalue weighted by atomic mass is 32.1. The first-order valence-corrected chi connectivity index (χ1v) is 11.0. The average Bonchev–Trinajstić information content (AvgIpc) is 2.72. The van der Waals surface area contributed by atoms with Crippen LogP contribution in [0.2, 0.25) is 0 Å². The van der Waals surface area contributed by atoms with Gasteiger partial charge in [0.2, 0.25) is 0 Å². The normalized spacial score (nSPS) is 21.1. The van der Waals surface area contributed by atoms with Gasteiger partial charge in [0.1, 0.15) is 11.9 Å². The smallest absolute Gasteiger partial charge is 0.119 e. The van der Waals surface area contributed by atoms with Crippen molar-refractivity contribution in [1.29, 1.82) is 0 Å². The van der Waals surface area contributed by atoms with E-state index in [4.69, 9.17) is 4.74 Å². The van der Waals surface area contributed by atoms with Crippen LogP contribution < -0.4 is 4.74 Å². The molecule has 6 heteroatoms. The lowest BCUT2D eigenvalue weighted by molar-refractivity contribution is 0.143. The Kier molecular flexibility index (Phi) is 6.73. The van der Waals surface area contributed by atoms with Crippen LogP contribution in [0.15, 0.2) is 41.6 Å². The summed E-state index contributed by atoms with van der Waals surface area (Å²) in [4.78, 5) is 9.05. The molecule has 4 rings (SSSR count). The second-order valence-electron chi connectivity index (χ2n) is 8.28. The summed E-state index contributed by atoms with van der Waals surface area (Å²) < 4.78 is 19.3. The Morgan fingerprint density at radius 2 is 2.03 bits per heavy atom. The van der Waals surface area contributed by atoms with E-state index in [2.05, 4.69) is 58.7 Å². The monoisotopic (exact) mass is 415 g/mol. The second kappa shape index (κ2) is 9.45. The molecule has 4 nitrogen and oxygen atoms in total. The fourth-order valence-corrected chi connectivity index (χ4v) is 4.54. The molecule has 1 unspecified atom stereocenters. The van der Waals surface area contributed by atoms with Crippen LogP contribution in [-0.2, 0) is 6.54 Å². The Hall–Kier alpha value is -1.63. The number of nitrogens with zero attached hydrogens (tertiary/aromatic N) is 3. The molecule has 29 heavy (non-hydrogen) atoms. The molecule has 2 aromatic rings. The molecule has 0 amide bonds. The number of rotatable bonds is 6. The van der Waals surface area contributed by atoms with E-state index in [0.29, 0.717) is 25.4 Å². The number of piperidine rings is 1. The van der Waals surface area contributed by atoms with Crippen LogP contribution in [0.5, 0.6) is 5.75 Å². The van der Waals surface area contributed by atoms with Gasteiger partial charge >= 0.3 is 0 Å². The Labute approximate surface area is 178 Å². The van der Waals surface area contributed by atoms with Crippen LogP contribution in [0.3, 0.4) is 0 Å².